The summed E-state index contributed by atoms with van der Waals surface area (Å²) < 4.78 is 5.54. The summed E-state index contributed by atoms with van der Waals surface area (Å²) in [7, 11) is 0. The van der Waals surface area contributed by atoms with Crippen LogP contribution >= 0.6 is 34.8 Å². The molecule has 39 heavy (non-hydrogen) atoms. The first-order valence-corrected chi connectivity index (χ1v) is 14.3. The van der Waals surface area contributed by atoms with Crippen molar-refractivity contribution in [1.82, 2.24) is 19.8 Å². The number of halogens is 3. The van der Waals surface area contributed by atoms with Crippen molar-refractivity contribution in [3.63, 3.8) is 0 Å². The number of benzene rings is 1. The Morgan fingerprint density at radius 3 is 2.51 bits per heavy atom. The Morgan fingerprint density at radius 2 is 1.85 bits per heavy atom. The van der Waals surface area contributed by atoms with Gasteiger partial charge in [-0.25, -0.2) is 9.78 Å². The van der Waals surface area contributed by atoms with Crippen molar-refractivity contribution in [1.29, 1.82) is 0 Å². The molecule has 2 saturated heterocycles. The van der Waals surface area contributed by atoms with Gasteiger partial charge in [0.1, 0.15) is 16.7 Å². The lowest BCUT2D eigenvalue weighted by atomic mass is 10.1. The van der Waals surface area contributed by atoms with Gasteiger partial charge in [-0.3, -0.25) is 9.69 Å². The molecular formula is C27H35Cl3N6O3. The van der Waals surface area contributed by atoms with Crippen LogP contribution in [0.15, 0.2) is 24.4 Å². The van der Waals surface area contributed by atoms with Gasteiger partial charge in [0.2, 0.25) is 11.9 Å². The Bertz CT molecular complexity index is 1220. The molecule has 0 spiro atoms. The third-order valence-electron chi connectivity index (χ3n) is 6.87. The monoisotopic (exact) mass is 596 g/mol. The molecule has 1 aromatic carbocycles. The number of aromatic nitrogens is 2. The molecular weight excluding hydrogens is 563 g/mol. The van der Waals surface area contributed by atoms with E-state index in [1.807, 2.05) is 50.5 Å². The molecule has 212 valence electrons. The van der Waals surface area contributed by atoms with Crippen molar-refractivity contribution in [2.45, 2.75) is 71.2 Å². The van der Waals surface area contributed by atoms with Crippen LogP contribution in [0.4, 0.5) is 16.6 Å². The highest BCUT2D eigenvalue weighted by atomic mass is 35.5. The van der Waals surface area contributed by atoms with E-state index < -0.39 is 17.7 Å². The number of nitrogens with one attached hydrogen (secondary N) is 1. The normalized spacial score (nSPS) is 20.7. The zero-order valence-electron chi connectivity index (χ0n) is 22.9. The fraction of sp³-hybridized carbons (Fsp3) is 0.556. The first kappa shape index (κ1) is 29.5. The van der Waals surface area contributed by atoms with Gasteiger partial charge >= 0.3 is 6.09 Å². The summed E-state index contributed by atoms with van der Waals surface area (Å²) >= 11 is 18.8. The number of carbonyl (C=O) groups excluding carboxylic acids is 2. The summed E-state index contributed by atoms with van der Waals surface area (Å²) in [5.74, 6) is 0.968. The van der Waals surface area contributed by atoms with E-state index in [0.717, 1.165) is 12.0 Å². The molecule has 1 aromatic heterocycles. The van der Waals surface area contributed by atoms with E-state index >= 15 is 0 Å². The van der Waals surface area contributed by atoms with Gasteiger partial charge in [-0.1, -0.05) is 40.9 Å². The summed E-state index contributed by atoms with van der Waals surface area (Å²) in [5.41, 5.74) is 0.252. The summed E-state index contributed by atoms with van der Waals surface area (Å²) in [6.45, 7) is 11.5. The lowest BCUT2D eigenvalue weighted by molar-refractivity contribution is -0.138. The molecule has 0 aliphatic carbocycles. The highest BCUT2D eigenvalue weighted by Crippen LogP contribution is 2.31. The largest absolute Gasteiger partial charge is 0.444 e. The molecule has 3 heterocycles. The van der Waals surface area contributed by atoms with Crippen LogP contribution in [0.3, 0.4) is 0 Å². The number of rotatable bonds is 5. The molecule has 2 aliphatic rings. The van der Waals surface area contributed by atoms with E-state index in [1.54, 1.807) is 23.2 Å². The van der Waals surface area contributed by atoms with Gasteiger partial charge in [0.05, 0.1) is 12.2 Å². The number of piperazine rings is 1. The van der Waals surface area contributed by atoms with Crippen LogP contribution in [0.2, 0.25) is 15.1 Å². The molecule has 2 aromatic rings. The van der Waals surface area contributed by atoms with Gasteiger partial charge in [0.25, 0.3) is 0 Å². The highest BCUT2D eigenvalue weighted by molar-refractivity contribution is 6.35. The number of hydrogen-bond acceptors (Lipinski definition) is 7. The lowest BCUT2D eigenvalue weighted by Gasteiger charge is -2.42. The van der Waals surface area contributed by atoms with E-state index in [-0.39, 0.29) is 18.0 Å². The summed E-state index contributed by atoms with van der Waals surface area (Å²) in [4.78, 5) is 40.8. The van der Waals surface area contributed by atoms with Crippen LogP contribution in [0.5, 0.6) is 0 Å². The number of amides is 2. The number of nitrogens with zero attached hydrogens (tertiary/aromatic N) is 5. The third-order valence-corrected chi connectivity index (χ3v) is 7.71. The Balaban J connectivity index is 1.42. The molecule has 0 unspecified atom stereocenters. The first-order valence-electron chi connectivity index (χ1n) is 13.1. The fourth-order valence-corrected chi connectivity index (χ4v) is 5.69. The fourth-order valence-electron chi connectivity index (χ4n) is 4.97. The smallest absolute Gasteiger partial charge is 0.410 e. The van der Waals surface area contributed by atoms with Gasteiger partial charge < -0.3 is 19.9 Å². The number of hydrogen-bond donors (Lipinski definition) is 1. The van der Waals surface area contributed by atoms with Gasteiger partial charge in [-0.2, -0.15) is 4.98 Å². The van der Waals surface area contributed by atoms with Crippen LogP contribution in [0, 0.1) is 0 Å². The van der Waals surface area contributed by atoms with Gasteiger partial charge in [-0.15, -0.1) is 0 Å². The van der Waals surface area contributed by atoms with Crippen molar-refractivity contribution < 1.29 is 14.3 Å². The summed E-state index contributed by atoms with van der Waals surface area (Å²) in [5, 5.41) is 4.83. The first-order chi connectivity index (χ1) is 18.3. The Kier molecular flexibility index (Phi) is 9.03. The van der Waals surface area contributed by atoms with Gasteiger partial charge in [0.15, 0.2) is 5.82 Å². The second-order valence-corrected chi connectivity index (χ2v) is 12.3. The molecule has 3 atom stereocenters. The number of likely N-dealkylation sites (tertiary alicyclic amines) is 1. The minimum atomic E-state index is -0.614. The van der Waals surface area contributed by atoms with Crippen LogP contribution in [-0.2, 0) is 9.53 Å². The minimum Gasteiger partial charge on any atom is -0.444 e. The van der Waals surface area contributed by atoms with Crippen LogP contribution in [-0.4, -0.2) is 75.6 Å². The quantitative estimate of drug-likeness (QED) is 0.449. The average Bonchev–Trinajstić information content (AvgIpc) is 3.34. The molecule has 0 bridgehead atoms. The van der Waals surface area contributed by atoms with E-state index in [0.29, 0.717) is 59.4 Å². The second-order valence-electron chi connectivity index (χ2n) is 11.1. The SMILES string of the molecule is C[C@@H]1CN(c2ncc(Cl)c(N[C@H](C)c3ccc(Cl)cc3Cl)n2)CCN1C(=O)[C@H]1CCCN1C(=O)OC(C)(C)C. The average molecular weight is 598 g/mol. The summed E-state index contributed by atoms with van der Waals surface area (Å²) in [6, 6.07) is 4.57. The van der Waals surface area contributed by atoms with E-state index in [2.05, 4.69) is 15.3 Å². The molecule has 0 radical (unpaired) electrons. The van der Waals surface area contributed by atoms with E-state index in [9.17, 15) is 9.59 Å². The van der Waals surface area contributed by atoms with Crippen molar-refractivity contribution >= 4 is 58.6 Å². The van der Waals surface area contributed by atoms with Crippen molar-refractivity contribution in [2.24, 2.45) is 0 Å². The molecule has 1 N–H and O–H groups in total. The topological polar surface area (TPSA) is 90.9 Å². The minimum absolute atomic E-state index is 0.0430. The summed E-state index contributed by atoms with van der Waals surface area (Å²) in [6.07, 6.45) is 2.55. The number of ether oxygens (including phenoxy) is 1. The van der Waals surface area contributed by atoms with Crippen molar-refractivity contribution in [2.75, 3.05) is 36.4 Å². The maximum atomic E-state index is 13.5. The van der Waals surface area contributed by atoms with Crippen molar-refractivity contribution in [3.8, 4) is 0 Å². The molecule has 2 aliphatic heterocycles. The standard InChI is InChI=1S/C27H35Cl3N6O3/c1-16-15-34(11-12-35(16)24(37)22-7-6-10-36(22)26(38)39-27(3,4)5)25-31-14-21(30)23(33-25)32-17(2)19-9-8-18(28)13-20(19)29/h8-9,13-14,16-17,22H,6-7,10-12,15H2,1-5H3,(H,31,32,33)/t16-,17-,22-/m1/s1. The van der Waals surface area contributed by atoms with Crippen molar-refractivity contribution in [3.05, 3.63) is 45.0 Å². The number of carbonyl (C=O) groups is 2. The zero-order chi connectivity index (χ0) is 28.5. The predicted molar refractivity (Wildman–Crippen MR) is 155 cm³/mol. The van der Waals surface area contributed by atoms with Crippen LogP contribution < -0.4 is 10.2 Å². The maximum absolute atomic E-state index is 13.5. The van der Waals surface area contributed by atoms with Crippen LogP contribution in [0.25, 0.3) is 0 Å². The third kappa shape index (κ3) is 6.99. The zero-order valence-corrected chi connectivity index (χ0v) is 25.1. The Hall–Kier alpha value is -2.49. The van der Waals surface area contributed by atoms with E-state index in [4.69, 9.17) is 39.5 Å². The second kappa shape index (κ2) is 11.9. The Labute approximate surface area is 244 Å². The Morgan fingerprint density at radius 1 is 1.10 bits per heavy atom. The molecule has 2 fully saturated rings. The lowest BCUT2D eigenvalue weighted by Crippen LogP contribution is -2.58. The van der Waals surface area contributed by atoms with Gasteiger partial charge in [-0.05, 0) is 65.2 Å². The van der Waals surface area contributed by atoms with Gasteiger partial charge in [0, 0.05) is 42.3 Å². The molecule has 0 saturated carbocycles. The highest BCUT2D eigenvalue weighted by Gasteiger charge is 2.41. The predicted octanol–water partition coefficient (Wildman–Crippen LogP) is 6.05. The molecule has 4 rings (SSSR count). The van der Waals surface area contributed by atoms with E-state index in [1.165, 1.54) is 0 Å². The maximum Gasteiger partial charge on any atom is 0.410 e. The molecule has 12 heteroatoms. The molecule has 2 amide bonds. The number of anilines is 2. The van der Waals surface area contributed by atoms with Crippen LogP contribution in [0.1, 0.15) is 59.1 Å². The molecule has 9 nitrogen and oxygen atoms in total.